The lowest BCUT2D eigenvalue weighted by Crippen LogP contribution is -2.54. The second-order valence-corrected chi connectivity index (χ2v) is 11.8. The number of fused-ring (bicyclic) bond motifs is 4. The van der Waals surface area contributed by atoms with Gasteiger partial charge in [0.15, 0.2) is 0 Å². The predicted molar refractivity (Wildman–Crippen MR) is 143 cm³/mol. The first-order valence-corrected chi connectivity index (χ1v) is 13.7. The second kappa shape index (κ2) is 9.78. The lowest BCUT2D eigenvalue weighted by molar-refractivity contribution is -0.202. The number of allylic oxidation sites excluding steroid dienone is 2. The zero-order chi connectivity index (χ0) is 28.2. The molecule has 0 spiro atoms. The van der Waals surface area contributed by atoms with E-state index in [1.54, 1.807) is 0 Å². The molecule has 0 bridgehead atoms. The topological polar surface area (TPSA) is 161 Å². The maximum absolute atomic E-state index is 12.2. The molecule has 5 aliphatic rings. The Balaban J connectivity index is 1.35. The van der Waals surface area contributed by atoms with Crippen LogP contribution in [-0.4, -0.2) is 62.1 Å². The Bertz CT molecular complexity index is 1340. The van der Waals surface area contributed by atoms with Gasteiger partial charge in [0.05, 0.1) is 31.3 Å². The van der Waals surface area contributed by atoms with E-state index in [1.807, 2.05) is 18.4 Å². The van der Waals surface area contributed by atoms with Crippen LogP contribution in [0.25, 0.3) is 0 Å². The standard InChI is InChI=1S/C30H35NO9/c1-29-12-21(17-4-2-16(3-5-17)13-31-37)23-19-9-11-38-14-18(19)6-7-20(23)22(29)8-10-30(29,36)15-39-28-26(34)24(32)25(33)27(35)40-28/h2-5,13-14,20-22,28,32-37H,6-12,15H2,1H3/t20?,21-,22?,28?,29+,30-/m1/s1. The van der Waals surface area contributed by atoms with E-state index in [2.05, 4.69) is 24.2 Å². The van der Waals surface area contributed by atoms with Gasteiger partial charge in [-0.2, -0.15) is 0 Å². The van der Waals surface area contributed by atoms with Crippen molar-refractivity contribution in [1.82, 2.24) is 0 Å². The number of nitrogens with zero attached hydrogens (tertiary/aromatic N) is 1. The SMILES string of the molecule is C[C@]12C[C@H](c3ccc(C=NO)cc3)C3=C4CCOC=C4CCC3C1CC[C@@]2(O)COC1OC(O)=C(O)C(O)=C1O. The van der Waals surface area contributed by atoms with Crippen LogP contribution in [0.4, 0.5) is 0 Å². The van der Waals surface area contributed by atoms with Gasteiger partial charge in [-0.15, -0.1) is 0 Å². The van der Waals surface area contributed by atoms with E-state index in [0.717, 1.165) is 36.8 Å². The summed E-state index contributed by atoms with van der Waals surface area (Å²) in [4.78, 5) is 0. The van der Waals surface area contributed by atoms with Gasteiger partial charge in [-0.1, -0.05) is 41.9 Å². The van der Waals surface area contributed by atoms with Crippen molar-refractivity contribution in [2.45, 2.75) is 63.3 Å². The predicted octanol–water partition coefficient (Wildman–Crippen LogP) is 5.13. The normalized spacial score (nSPS) is 35.6. The number of aliphatic hydroxyl groups is 5. The average Bonchev–Trinajstić information content (AvgIpc) is 3.23. The maximum atomic E-state index is 12.2. The molecule has 6 atom stereocenters. The van der Waals surface area contributed by atoms with E-state index in [4.69, 9.17) is 19.4 Å². The quantitative estimate of drug-likeness (QED) is 0.165. The molecule has 1 aromatic carbocycles. The summed E-state index contributed by atoms with van der Waals surface area (Å²) in [7, 11) is 0. The van der Waals surface area contributed by atoms with Crippen LogP contribution in [0.3, 0.4) is 0 Å². The fourth-order valence-corrected chi connectivity index (χ4v) is 7.82. The molecule has 0 aromatic heterocycles. The van der Waals surface area contributed by atoms with Crippen molar-refractivity contribution in [2.24, 2.45) is 22.4 Å². The van der Waals surface area contributed by atoms with Gasteiger partial charge in [0, 0.05) is 17.8 Å². The molecule has 1 aromatic rings. The Morgan fingerprint density at radius 1 is 1.07 bits per heavy atom. The third kappa shape index (κ3) is 4.04. The molecule has 6 rings (SSSR count). The minimum absolute atomic E-state index is 0.0417. The van der Waals surface area contributed by atoms with Crippen LogP contribution in [0, 0.1) is 17.3 Å². The molecule has 10 nitrogen and oxygen atoms in total. The first-order chi connectivity index (χ1) is 19.2. The molecule has 40 heavy (non-hydrogen) atoms. The smallest absolute Gasteiger partial charge is 0.327 e. The van der Waals surface area contributed by atoms with Gasteiger partial charge in [0.25, 0.3) is 6.29 Å². The lowest BCUT2D eigenvalue weighted by atomic mass is 9.51. The van der Waals surface area contributed by atoms with E-state index in [-0.39, 0.29) is 24.4 Å². The summed E-state index contributed by atoms with van der Waals surface area (Å²) in [5, 5.41) is 63.9. The molecule has 6 N–H and O–H groups in total. The van der Waals surface area contributed by atoms with Crippen molar-refractivity contribution in [1.29, 1.82) is 0 Å². The van der Waals surface area contributed by atoms with E-state index >= 15 is 0 Å². The molecule has 2 saturated carbocycles. The Morgan fingerprint density at radius 2 is 1.85 bits per heavy atom. The molecule has 10 heteroatoms. The van der Waals surface area contributed by atoms with Crippen molar-refractivity contribution in [3.05, 3.63) is 81.6 Å². The monoisotopic (exact) mass is 553 g/mol. The molecular weight excluding hydrogens is 518 g/mol. The number of rotatable bonds is 5. The van der Waals surface area contributed by atoms with Gasteiger partial charge >= 0.3 is 5.95 Å². The number of hydrogen-bond acceptors (Lipinski definition) is 10. The number of aliphatic hydroxyl groups excluding tert-OH is 4. The largest absolute Gasteiger partial charge is 0.503 e. The summed E-state index contributed by atoms with van der Waals surface area (Å²) < 4.78 is 16.5. The molecule has 0 saturated heterocycles. The summed E-state index contributed by atoms with van der Waals surface area (Å²) in [6, 6.07) is 7.96. The molecule has 214 valence electrons. The van der Waals surface area contributed by atoms with E-state index in [1.165, 1.54) is 22.9 Å². The second-order valence-electron chi connectivity index (χ2n) is 11.8. The zero-order valence-corrected chi connectivity index (χ0v) is 22.3. The Kier molecular flexibility index (Phi) is 6.50. The highest BCUT2D eigenvalue weighted by Gasteiger charge is 2.63. The van der Waals surface area contributed by atoms with E-state index in [0.29, 0.717) is 19.4 Å². The maximum Gasteiger partial charge on any atom is 0.327 e. The first-order valence-electron chi connectivity index (χ1n) is 13.7. The molecule has 2 fully saturated rings. The zero-order valence-electron chi connectivity index (χ0n) is 22.3. The average molecular weight is 554 g/mol. The number of hydrogen-bond donors (Lipinski definition) is 6. The van der Waals surface area contributed by atoms with Gasteiger partial charge in [0.1, 0.15) is 0 Å². The number of oxime groups is 1. The molecule has 2 heterocycles. The summed E-state index contributed by atoms with van der Waals surface area (Å²) in [5.74, 6) is -3.13. The van der Waals surface area contributed by atoms with Crippen molar-refractivity contribution < 1.29 is 45.0 Å². The van der Waals surface area contributed by atoms with E-state index < -0.39 is 40.5 Å². The highest BCUT2D eigenvalue weighted by Crippen LogP contribution is 2.66. The Morgan fingerprint density at radius 3 is 2.60 bits per heavy atom. The van der Waals surface area contributed by atoms with Gasteiger partial charge in [0.2, 0.25) is 17.3 Å². The van der Waals surface area contributed by atoms with Crippen molar-refractivity contribution >= 4 is 6.21 Å². The molecular formula is C30H35NO9. The molecule has 0 amide bonds. The molecule has 3 aliphatic carbocycles. The summed E-state index contributed by atoms with van der Waals surface area (Å²) >= 11 is 0. The minimum atomic E-state index is -1.56. The van der Waals surface area contributed by atoms with Crippen LogP contribution in [0.15, 0.2) is 75.6 Å². The number of ether oxygens (including phenoxy) is 3. The van der Waals surface area contributed by atoms with Crippen LogP contribution in [0.5, 0.6) is 0 Å². The molecule has 2 aliphatic heterocycles. The van der Waals surface area contributed by atoms with Gasteiger partial charge in [-0.3, -0.25) is 0 Å². The Labute approximate surface area is 231 Å². The van der Waals surface area contributed by atoms with E-state index in [9.17, 15) is 25.5 Å². The fraction of sp³-hybridized carbons (Fsp3) is 0.500. The highest BCUT2D eigenvalue weighted by molar-refractivity contribution is 5.79. The first kappa shape index (κ1) is 26.6. The van der Waals surface area contributed by atoms with Crippen molar-refractivity contribution in [3.8, 4) is 0 Å². The van der Waals surface area contributed by atoms with Crippen LogP contribution in [-0.2, 0) is 14.2 Å². The lowest BCUT2D eigenvalue weighted by Gasteiger charge is -2.54. The van der Waals surface area contributed by atoms with Crippen LogP contribution >= 0.6 is 0 Å². The molecule has 3 unspecified atom stereocenters. The van der Waals surface area contributed by atoms with Gasteiger partial charge in [-0.05, 0) is 66.2 Å². The molecule has 0 radical (unpaired) electrons. The minimum Gasteiger partial charge on any atom is -0.503 e. The van der Waals surface area contributed by atoms with Crippen LogP contribution in [0.2, 0.25) is 0 Å². The van der Waals surface area contributed by atoms with Crippen molar-refractivity contribution in [3.63, 3.8) is 0 Å². The highest BCUT2D eigenvalue weighted by atomic mass is 16.7. The summed E-state index contributed by atoms with van der Waals surface area (Å²) in [5.41, 5.74) is 4.15. The fourth-order valence-electron chi connectivity index (χ4n) is 7.82. The third-order valence-corrected chi connectivity index (χ3v) is 9.93. The van der Waals surface area contributed by atoms with Crippen LogP contribution < -0.4 is 0 Å². The Hall–Kier alpha value is -3.63. The third-order valence-electron chi connectivity index (χ3n) is 9.93. The van der Waals surface area contributed by atoms with Crippen molar-refractivity contribution in [2.75, 3.05) is 13.2 Å². The van der Waals surface area contributed by atoms with Gasteiger partial charge in [-0.25, -0.2) is 0 Å². The van der Waals surface area contributed by atoms with Crippen LogP contribution in [0.1, 0.15) is 62.5 Å². The summed E-state index contributed by atoms with van der Waals surface area (Å²) in [6.07, 6.45) is 6.42. The summed E-state index contributed by atoms with van der Waals surface area (Å²) in [6.45, 7) is 2.56. The van der Waals surface area contributed by atoms with Gasteiger partial charge < -0.3 is 45.0 Å². The number of benzene rings is 1.